The molecule has 4 heteroatoms. The zero-order chi connectivity index (χ0) is 18.7. The molecule has 0 heterocycles. The van der Waals surface area contributed by atoms with Crippen LogP contribution in [0.3, 0.4) is 0 Å². The Hall–Kier alpha value is -1.65. The summed E-state index contributed by atoms with van der Waals surface area (Å²) >= 11 is 0. The van der Waals surface area contributed by atoms with Crippen LogP contribution in [-0.4, -0.2) is 27.5 Å². The monoisotopic (exact) mass is 358 g/mol. The number of esters is 1. The minimum Gasteiger partial charge on any atom is -0.466 e. The van der Waals surface area contributed by atoms with Crippen LogP contribution in [0, 0.1) is 0 Å². The molecule has 1 aromatic carbocycles. The van der Waals surface area contributed by atoms with Gasteiger partial charge in [0.2, 0.25) is 0 Å². The highest BCUT2D eigenvalue weighted by atomic mass is 28.4. The van der Waals surface area contributed by atoms with Gasteiger partial charge in [-0.15, -0.1) is 0 Å². The van der Waals surface area contributed by atoms with Crippen LogP contribution >= 0.6 is 0 Å². The number of hydrogen-bond donors (Lipinski definition) is 0. The van der Waals surface area contributed by atoms with Crippen LogP contribution in [-0.2, 0) is 14.0 Å². The highest BCUT2D eigenvalue weighted by molar-refractivity contribution is 6.74. The lowest BCUT2D eigenvalue weighted by atomic mass is 9.92. The molecule has 136 valence electrons. The fraction of sp³-hybridized carbons (Fsp3) is 0.476. The lowest BCUT2D eigenvalue weighted by Crippen LogP contribution is -2.44. The molecule has 0 N–H and O–H groups in total. The molecule has 0 aliphatic heterocycles. The van der Waals surface area contributed by atoms with Gasteiger partial charge in [-0.1, -0.05) is 69.3 Å². The average Bonchev–Trinajstić information content (AvgIpc) is 2.76. The van der Waals surface area contributed by atoms with Crippen molar-refractivity contribution in [1.82, 2.24) is 0 Å². The summed E-state index contributed by atoms with van der Waals surface area (Å²) in [5, 5.41) is 0.128. The maximum Gasteiger partial charge on any atom is 0.333 e. The Morgan fingerprint density at radius 2 is 1.80 bits per heavy atom. The number of rotatable bonds is 4. The summed E-state index contributed by atoms with van der Waals surface area (Å²) in [6, 6.07) is 10.2. The predicted molar refractivity (Wildman–Crippen MR) is 105 cm³/mol. The Balaban J connectivity index is 2.43. The van der Waals surface area contributed by atoms with Gasteiger partial charge in [0.15, 0.2) is 8.32 Å². The molecule has 0 saturated heterocycles. The summed E-state index contributed by atoms with van der Waals surface area (Å²) in [6.45, 7) is 11.3. The van der Waals surface area contributed by atoms with E-state index in [0.717, 1.165) is 5.56 Å². The van der Waals surface area contributed by atoms with Crippen molar-refractivity contribution in [2.75, 3.05) is 7.11 Å². The molecule has 1 aliphatic carbocycles. The van der Waals surface area contributed by atoms with Gasteiger partial charge in [0, 0.05) is 11.5 Å². The fourth-order valence-electron chi connectivity index (χ4n) is 2.70. The third-order valence-electron chi connectivity index (χ3n) is 5.27. The fourth-order valence-corrected chi connectivity index (χ4v) is 3.96. The minimum absolute atomic E-state index is 0.00294. The molecule has 2 atom stereocenters. The molecule has 0 fully saturated rings. The summed E-state index contributed by atoms with van der Waals surface area (Å²) in [5.41, 5.74) is 1.84. The van der Waals surface area contributed by atoms with Crippen LogP contribution in [0.2, 0.25) is 18.1 Å². The molecule has 0 bridgehead atoms. The van der Waals surface area contributed by atoms with Crippen molar-refractivity contribution in [3.8, 4) is 0 Å². The highest BCUT2D eigenvalue weighted by Gasteiger charge is 2.40. The maximum atomic E-state index is 12.1. The smallest absolute Gasteiger partial charge is 0.333 e. The largest absolute Gasteiger partial charge is 0.466 e. The van der Waals surface area contributed by atoms with Gasteiger partial charge in [-0.05, 0) is 30.1 Å². The van der Waals surface area contributed by atoms with Crippen molar-refractivity contribution in [3.63, 3.8) is 0 Å². The maximum absolute atomic E-state index is 12.1. The van der Waals surface area contributed by atoms with Gasteiger partial charge in [-0.25, -0.2) is 4.79 Å². The summed E-state index contributed by atoms with van der Waals surface area (Å²) in [7, 11) is -0.514. The van der Waals surface area contributed by atoms with E-state index in [4.69, 9.17) is 9.16 Å². The molecule has 2 rings (SSSR count). The summed E-state index contributed by atoms with van der Waals surface area (Å²) in [6.07, 6.45) is 6.67. The highest BCUT2D eigenvalue weighted by Crippen LogP contribution is 2.40. The number of carbonyl (C=O) groups is 1. The molecule has 0 amide bonds. The molecule has 0 radical (unpaired) electrons. The molecular formula is C21H30O3Si. The van der Waals surface area contributed by atoms with E-state index in [-0.39, 0.29) is 23.0 Å². The van der Waals surface area contributed by atoms with E-state index < -0.39 is 8.32 Å². The molecule has 0 aromatic heterocycles. The van der Waals surface area contributed by atoms with E-state index in [1.165, 1.54) is 7.11 Å². The Kier molecular flexibility index (Phi) is 6.06. The van der Waals surface area contributed by atoms with Crippen LogP contribution in [0.15, 0.2) is 54.1 Å². The van der Waals surface area contributed by atoms with Gasteiger partial charge in [-0.3, -0.25) is 0 Å². The third kappa shape index (κ3) is 4.70. The van der Waals surface area contributed by atoms with Crippen molar-refractivity contribution in [2.45, 2.75) is 57.3 Å². The third-order valence-corrected chi connectivity index (χ3v) is 9.74. The number of carbonyl (C=O) groups excluding carboxylic acids is 1. The molecule has 25 heavy (non-hydrogen) atoms. The number of hydrogen-bond acceptors (Lipinski definition) is 3. The molecule has 0 spiro atoms. The number of methoxy groups -OCH3 is 1. The zero-order valence-electron chi connectivity index (χ0n) is 16.2. The minimum atomic E-state index is -1.94. The topological polar surface area (TPSA) is 35.5 Å². The van der Waals surface area contributed by atoms with E-state index in [1.54, 1.807) is 0 Å². The normalized spacial score (nSPS) is 21.4. The Morgan fingerprint density at radius 1 is 1.16 bits per heavy atom. The quantitative estimate of drug-likeness (QED) is 0.420. The van der Waals surface area contributed by atoms with Crippen molar-refractivity contribution in [1.29, 1.82) is 0 Å². The molecule has 1 aromatic rings. The second-order valence-electron chi connectivity index (χ2n) is 8.10. The lowest BCUT2D eigenvalue weighted by molar-refractivity contribution is -0.136. The van der Waals surface area contributed by atoms with Crippen LogP contribution in [0.5, 0.6) is 0 Å². The first-order chi connectivity index (χ1) is 11.7. The number of allylic oxidation sites excluding steroid dienone is 1. The van der Waals surface area contributed by atoms with Gasteiger partial charge in [0.1, 0.15) is 0 Å². The van der Waals surface area contributed by atoms with Crippen LogP contribution < -0.4 is 0 Å². The Labute approximate surface area is 152 Å². The first-order valence-corrected chi connectivity index (χ1v) is 11.7. The SMILES string of the molecule is COC(=O)C1=C[C@H](c2ccccc2)[C@H](O[Si](C)(C)C(C)(C)C)C=CC1. The van der Waals surface area contributed by atoms with E-state index >= 15 is 0 Å². The molecule has 0 saturated carbocycles. The van der Waals surface area contributed by atoms with Crippen LogP contribution in [0.4, 0.5) is 0 Å². The second kappa shape index (κ2) is 7.71. The van der Waals surface area contributed by atoms with Crippen molar-refractivity contribution < 1.29 is 14.0 Å². The lowest BCUT2D eigenvalue weighted by Gasteiger charge is -2.40. The zero-order valence-corrected chi connectivity index (χ0v) is 17.2. The van der Waals surface area contributed by atoms with Gasteiger partial charge in [-0.2, -0.15) is 0 Å². The summed E-state index contributed by atoms with van der Waals surface area (Å²) in [4.78, 5) is 12.1. The van der Waals surface area contributed by atoms with Gasteiger partial charge in [0.25, 0.3) is 0 Å². The van der Waals surface area contributed by atoms with Crippen molar-refractivity contribution in [2.24, 2.45) is 0 Å². The predicted octanol–water partition coefficient (Wildman–Crippen LogP) is 5.22. The first-order valence-electron chi connectivity index (χ1n) is 8.84. The van der Waals surface area contributed by atoms with Gasteiger partial charge >= 0.3 is 5.97 Å². The van der Waals surface area contributed by atoms with E-state index in [9.17, 15) is 4.79 Å². The summed E-state index contributed by atoms with van der Waals surface area (Å²) in [5.74, 6) is -0.262. The van der Waals surface area contributed by atoms with E-state index in [0.29, 0.717) is 12.0 Å². The Morgan fingerprint density at radius 3 is 2.36 bits per heavy atom. The van der Waals surface area contributed by atoms with Crippen molar-refractivity contribution >= 4 is 14.3 Å². The standard InChI is InChI=1S/C21H30O3Si/c1-21(2,3)25(5,6)24-19-14-10-13-17(20(22)23-4)15-18(19)16-11-8-7-9-12-16/h7-12,14-15,18-19H,13H2,1-6H3/t18-,19-/m1/s1. The molecule has 0 unspecified atom stereocenters. The number of ether oxygens (including phenoxy) is 1. The van der Waals surface area contributed by atoms with E-state index in [1.807, 2.05) is 30.4 Å². The van der Waals surface area contributed by atoms with Gasteiger partial charge in [0.05, 0.1) is 13.2 Å². The Bertz CT molecular complexity index is 653. The molecule has 3 nitrogen and oxygen atoms in total. The first kappa shape index (κ1) is 19.7. The van der Waals surface area contributed by atoms with Crippen molar-refractivity contribution in [3.05, 3.63) is 59.7 Å². The van der Waals surface area contributed by atoms with Crippen LogP contribution in [0.25, 0.3) is 0 Å². The van der Waals surface area contributed by atoms with Crippen LogP contribution in [0.1, 0.15) is 38.7 Å². The van der Waals surface area contributed by atoms with E-state index in [2.05, 4.69) is 52.1 Å². The van der Waals surface area contributed by atoms with Gasteiger partial charge < -0.3 is 9.16 Å². The molecule has 1 aliphatic rings. The average molecular weight is 359 g/mol. The number of benzene rings is 1. The molecular weight excluding hydrogens is 328 g/mol. The summed E-state index contributed by atoms with van der Waals surface area (Å²) < 4.78 is 11.7. The second-order valence-corrected chi connectivity index (χ2v) is 12.9.